The van der Waals surface area contributed by atoms with Crippen molar-refractivity contribution in [3.63, 3.8) is 0 Å². The van der Waals surface area contributed by atoms with Crippen molar-refractivity contribution in [2.45, 2.75) is 102 Å². The summed E-state index contributed by atoms with van der Waals surface area (Å²) in [5.74, 6) is -1.88. The third-order valence-corrected chi connectivity index (χ3v) is 11.1. The van der Waals surface area contributed by atoms with E-state index in [4.69, 9.17) is 24.2 Å². The number of aryl methyl sites for hydroxylation is 1. The number of nitrogens with one attached hydrogen (secondary N) is 3. The lowest BCUT2D eigenvalue weighted by Gasteiger charge is -2.30. The van der Waals surface area contributed by atoms with Crippen molar-refractivity contribution in [2.75, 3.05) is 25.6 Å². The molecule has 0 spiro atoms. The van der Waals surface area contributed by atoms with Crippen LogP contribution in [0.25, 0.3) is 22.3 Å². The van der Waals surface area contributed by atoms with E-state index in [2.05, 4.69) is 22.5 Å². The van der Waals surface area contributed by atoms with E-state index in [1.165, 1.54) is 22.3 Å². The van der Waals surface area contributed by atoms with Crippen LogP contribution in [-0.4, -0.2) is 93.9 Å². The van der Waals surface area contributed by atoms with E-state index in [9.17, 15) is 24.3 Å². The van der Waals surface area contributed by atoms with Gasteiger partial charge in [-0.25, -0.2) is 19.6 Å². The van der Waals surface area contributed by atoms with E-state index < -0.39 is 53.5 Å². The highest BCUT2D eigenvalue weighted by Crippen LogP contribution is 2.45. The molecule has 3 aromatic rings. The van der Waals surface area contributed by atoms with Crippen LogP contribution in [0.1, 0.15) is 71.8 Å². The van der Waals surface area contributed by atoms with Gasteiger partial charge in [0.25, 0.3) is 0 Å². The second kappa shape index (κ2) is 16.2. The summed E-state index contributed by atoms with van der Waals surface area (Å²) in [5, 5.41) is 22.3. The van der Waals surface area contributed by atoms with Crippen molar-refractivity contribution in [2.24, 2.45) is 11.8 Å². The van der Waals surface area contributed by atoms with Crippen molar-refractivity contribution in [1.29, 1.82) is 0 Å². The monoisotopic (exact) mass is 762 g/mol. The second-order valence-electron chi connectivity index (χ2n) is 15.0. The minimum Gasteiger partial charge on any atom is -0.496 e. The highest BCUT2D eigenvalue weighted by Gasteiger charge is 2.61. The Morgan fingerprint density at radius 2 is 1.91 bits per heavy atom. The maximum Gasteiger partial charge on any atom is 0.407 e. The number of methoxy groups -OCH3 is 1. The number of carbonyl (C=O) groups excluding carboxylic acids is 3. The number of carboxylic acids is 1. The number of cyclic esters (lactones) is 1. The van der Waals surface area contributed by atoms with Crippen LogP contribution in [0.3, 0.4) is 0 Å². The average molecular weight is 763 g/mol. The number of thiazole rings is 1. The Hall–Kier alpha value is -4.92. The van der Waals surface area contributed by atoms with Crippen molar-refractivity contribution in [3.8, 4) is 22.9 Å². The number of ether oxygens (including phenoxy) is 3. The number of aliphatic carboxylic acids is 1. The van der Waals surface area contributed by atoms with E-state index >= 15 is 0 Å². The van der Waals surface area contributed by atoms with Crippen LogP contribution in [0.5, 0.6) is 11.5 Å². The van der Waals surface area contributed by atoms with Gasteiger partial charge in [-0.2, -0.15) is 0 Å². The molecule has 290 valence electrons. The molecule has 2 fully saturated rings. The maximum absolute atomic E-state index is 14.4. The van der Waals surface area contributed by atoms with Gasteiger partial charge in [-0.15, -0.1) is 17.9 Å². The fourth-order valence-electron chi connectivity index (χ4n) is 7.26. The minimum atomic E-state index is -1.50. The maximum atomic E-state index is 14.4. The third kappa shape index (κ3) is 8.25. The van der Waals surface area contributed by atoms with Crippen LogP contribution in [0.4, 0.5) is 9.93 Å². The standard InChI is InChI=1S/C39H50N6O8S/c1-7-24-18-39(24,36(48)49)44-34(46)30-15-25-19-45(30)35(47)33(21(2)3)43-38(50)52-13-11-9-8-10-12-23-14-26-27(16-31(23)51-6)41-28(17-32(26)53-25)29-20-54-37(42-29)40-22(4)5/h7,14,16-17,20-22,24-25,30,33H,1,8-13,15,18-19H2,2-6H3,(H,40,42)(H,43,50)(H,44,46)(H,48,49)/t24-,25+,30-,33-,39+/m0/s1. The molecule has 54 heavy (non-hydrogen) atoms. The van der Waals surface area contributed by atoms with Crippen LogP contribution in [0.2, 0.25) is 0 Å². The molecule has 4 heterocycles. The first kappa shape index (κ1) is 38.8. The Bertz CT molecular complexity index is 1910. The number of rotatable bonds is 9. The normalized spacial score (nSPS) is 24.9. The van der Waals surface area contributed by atoms with Gasteiger partial charge in [0.2, 0.25) is 11.8 Å². The molecule has 5 atom stereocenters. The molecule has 1 saturated heterocycles. The number of carboxylic acid groups (broad SMARTS) is 1. The van der Waals surface area contributed by atoms with Gasteiger partial charge in [-0.1, -0.05) is 32.8 Å². The van der Waals surface area contributed by atoms with Crippen molar-refractivity contribution >= 4 is 51.2 Å². The SMILES string of the molecule is C=C[C@H]1C[C@]1(NC(=O)[C@@H]1C[C@@H]2CN1C(=O)[C@H](C(C)C)NC(=O)OCCCCCCc1cc3c(cc(-c4csc(NC(C)C)n4)nc3cc1OC)O2)C(=O)O. The first-order valence-corrected chi connectivity index (χ1v) is 19.5. The summed E-state index contributed by atoms with van der Waals surface area (Å²) in [6.07, 6.45) is 4.41. The quantitative estimate of drug-likeness (QED) is 0.201. The van der Waals surface area contributed by atoms with Gasteiger partial charge in [0, 0.05) is 41.3 Å². The summed E-state index contributed by atoms with van der Waals surface area (Å²) in [7, 11) is 1.63. The van der Waals surface area contributed by atoms with Gasteiger partial charge in [-0.05, 0) is 57.1 Å². The number of carbonyl (C=O) groups is 4. The zero-order chi connectivity index (χ0) is 38.7. The number of anilines is 1. The fourth-order valence-corrected chi connectivity index (χ4v) is 8.11. The van der Waals surface area contributed by atoms with Crippen molar-refractivity contribution < 1.29 is 38.5 Å². The summed E-state index contributed by atoms with van der Waals surface area (Å²) < 4.78 is 18.1. The number of hydrogen-bond acceptors (Lipinski definition) is 11. The number of nitrogens with zero attached hydrogens (tertiary/aromatic N) is 3. The molecule has 6 rings (SSSR count). The number of fused-ring (bicyclic) bond motifs is 3. The molecule has 2 aliphatic heterocycles. The molecule has 2 aromatic heterocycles. The highest BCUT2D eigenvalue weighted by atomic mass is 32.1. The Balaban J connectivity index is 1.42. The van der Waals surface area contributed by atoms with Gasteiger partial charge in [0.05, 0.1) is 31.5 Å². The van der Waals surface area contributed by atoms with E-state index in [-0.39, 0.29) is 38.0 Å². The van der Waals surface area contributed by atoms with Crippen LogP contribution in [0, 0.1) is 11.8 Å². The number of amides is 3. The number of hydrogen-bond donors (Lipinski definition) is 4. The smallest absolute Gasteiger partial charge is 0.407 e. The molecule has 1 saturated carbocycles. The highest BCUT2D eigenvalue weighted by molar-refractivity contribution is 7.14. The predicted octanol–water partition coefficient (Wildman–Crippen LogP) is 5.55. The summed E-state index contributed by atoms with van der Waals surface area (Å²) >= 11 is 1.47. The Morgan fingerprint density at radius 3 is 2.59 bits per heavy atom. The topological polar surface area (TPSA) is 181 Å². The van der Waals surface area contributed by atoms with Crippen molar-refractivity contribution in [3.05, 3.63) is 41.8 Å². The molecule has 15 heteroatoms. The Kier molecular flexibility index (Phi) is 11.6. The van der Waals surface area contributed by atoms with E-state index in [1.54, 1.807) is 21.0 Å². The zero-order valence-electron chi connectivity index (χ0n) is 31.5. The van der Waals surface area contributed by atoms with Gasteiger partial charge in [-0.3, -0.25) is 9.59 Å². The summed E-state index contributed by atoms with van der Waals surface area (Å²) in [6.45, 7) is 11.6. The lowest BCUT2D eigenvalue weighted by atomic mass is 10.0. The van der Waals surface area contributed by atoms with Gasteiger partial charge >= 0.3 is 12.1 Å². The first-order chi connectivity index (χ1) is 25.8. The van der Waals surface area contributed by atoms with Gasteiger partial charge in [0.1, 0.15) is 40.9 Å². The molecule has 3 aliphatic rings. The summed E-state index contributed by atoms with van der Waals surface area (Å²) in [5.41, 5.74) is 1.35. The number of benzene rings is 1. The van der Waals surface area contributed by atoms with E-state index in [0.29, 0.717) is 34.8 Å². The van der Waals surface area contributed by atoms with Crippen LogP contribution in [-0.2, 0) is 25.5 Å². The van der Waals surface area contributed by atoms with E-state index in [0.717, 1.165) is 41.8 Å². The fraction of sp³-hybridized carbons (Fsp3) is 0.538. The van der Waals surface area contributed by atoms with Gasteiger partial charge < -0.3 is 40.2 Å². The predicted molar refractivity (Wildman–Crippen MR) is 205 cm³/mol. The molecule has 0 unspecified atom stereocenters. The summed E-state index contributed by atoms with van der Waals surface area (Å²) in [4.78, 5) is 64.8. The Morgan fingerprint density at radius 1 is 1.13 bits per heavy atom. The molecule has 0 radical (unpaired) electrons. The van der Waals surface area contributed by atoms with Crippen LogP contribution in [0.15, 0.2) is 36.2 Å². The molecule has 14 nitrogen and oxygen atoms in total. The molecular formula is C39H50N6O8S. The van der Waals surface area contributed by atoms with Crippen LogP contribution < -0.4 is 25.4 Å². The molecule has 4 N–H and O–H groups in total. The van der Waals surface area contributed by atoms with Crippen molar-refractivity contribution in [1.82, 2.24) is 25.5 Å². The van der Waals surface area contributed by atoms with Gasteiger partial charge in [0.15, 0.2) is 5.13 Å². The lowest BCUT2D eigenvalue weighted by Crippen LogP contribution is -2.57. The first-order valence-electron chi connectivity index (χ1n) is 18.7. The number of pyridine rings is 1. The Labute approximate surface area is 319 Å². The third-order valence-electron chi connectivity index (χ3n) is 10.3. The number of alkyl carbamates (subject to hydrolysis) is 1. The van der Waals surface area contributed by atoms with E-state index in [1.807, 2.05) is 37.4 Å². The molecule has 4 bridgehead atoms. The minimum absolute atomic E-state index is 0.00312. The lowest BCUT2D eigenvalue weighted by molar-refractivity contribution is -0.145. The molecular weight excluding hydrogens is 713 g/mol. The summed E-state index contributed by atoms with van der Waals surface area (Å²) in [6, 6.07) is 3.87. The molecule has 1 aliphatic carbocycles. The zero-order valence-corrected chi connectivity index (χ0v) is 32.3. The molecule has 1 aromatic carbocycles. The average Bonchev–Trinajstić information content (AvgIpc) is 3.40. The number of aromatic nitrogens is 2. The molecule has 3 amide bonds. The van der Waals surface area contributed by atoms with Crippen LogP contribution >= 0.6 is 11.3 Å². The second-order valence-corrected chi connectivity index (χ2v) is 15.8. The largest absolute Gasteiger partial charge is 0.496 e.